The highest BCUT2D eigenvalue weighted by molar-refractivity contribution is 5.35. The number of aromatic hydroxyl groups is 5. The Bertz CT molecular complexity index is 1660. The van der Waals surface area contributed by atoms with Crippen LogP contribution in [0.4, 0.5) is 0 Å². The number of benzene rings is 5. The van der Waals surface area contributed by atoms with Crippen LogP contribution in [0.5, 0.6) is 28.7 Å². The first-order valence-electron chi connectivity index (χ1n) is 16.6. The third kappa shape index (κ3) is 9.10. The second-order valence-corrected chi connectivity index (χ2v) is 13.0. The third-order valence-corrected chi connectivity index (χ3v) is 9.76. The van der Waals surface area contributed by atoms with Crippen molar-refractivity contribution in [1.82, 2.24) is 0 Å². The summed E-state index contributed by atoms with van der Waals surface area (Å²) in [4.78, 5) is 0. The van der Waals surface area contributed by atoms with E-state index in [-0.39, 0.29) is 58.3 Å². The normalized spacial score (nSPS) is 14.6. The molecule has 0 bridgehead atoms. The number of phenols is 5. The topological polar surface area (TPSA) is 101 Å². The molecule has 5 aromatic rings. The molecule has 47 heavy (non-hydrogen) atoms. The molecule has 5 N–H and O–H groups in total. The van der Waals surface area contributed by atoms with Crippen LogP contribution in [0.25, 0.3) is 0 Å². The highest BCUT2D eigenvalue weighted by Gasteiger charge is 2.28. The number of rotatable bonds is 14. The minimum absolute atomic E-state index is 0.137. The molecule has 0 radical (unpaired) electrons. The zero-order valence-electron chi connectivity index (χ0n) is 27.2. The van der Waals surface area contributed by atoms with Crippen LogP contribution in [-0.2, 0) is 0 Å². The van der Waals surface area contributed by atoms with Crippen molar-refractivity contribution < 1.29 is 25.5 Å². The number of phenolic OH excluding ortho intramolecular Hbond substituents is 5. The average Bonchev–Trinajstić information content (AvgIpc) is 3.07. The summed E-state index contributed by atoms with van der Waals surface area (Å²) in [6.45, 7) is 4.42. The van der Waals surface area contributed by atoms with Crippen LogP contribution < -0.4 is 0 Å². The molecule has 5 nitrogen and oxygen atoms in total. The molecule has 0 aliphatic rings. The molecular formula is C42H46O5. The Morgan fingerprint density at radius 3 is 0.872 bits per heavy atom. The van der Waals surface area contributed by atoms with E-state index in [1.165, 1.54) is 11.1 Å². The lowest BCUT2D eigenvalue weighted by molar-refractivity contribution is 0.405. The van der Waals surface area contributed by atoms with E-state index in [0.717, 1.165) is 48.8 Å². The minimum Gasteiger partial charge on any atom is -0.508 e. The van der Waals surface area contributed by atoms with Crippen LogP contribution in [0.15, 0.2) is 121 Å². The van der Waals surface area contributed by atoms with Gasteiger partial charge < -0.3 is 25.5 Å². The predicted octanol–water partition coefficient (Wildman–Crippen LogP) is 10.4. The fourth-order valence-electron chi connectivity index (χ4n) is 7.03. The maximum absolute atomic E-state index is 10.2. The van der Waals surface area contributed by atoms with Gasteiger partial charge in [0.1, 0.15) is 28.7 Å². The van der Waals surface area contributed by atoms with E-state index in [1.54, 1.807) is 60.7 Å². The van der Waals surface area contributed by atoms with E-state index in [0.29, 0.717) is 0 Å². The van der Waals surface area contributed by atoms with Crippen molar-refractivity contribution in [3.8, 4) is 28.7 Å². The van der Waals surface area contributed by atoms with Crippen LogP contribution in [0.1, 0.15) is 103 Å². The van der Waals surface area contributed by atoms with E-state index in [2.05, 4.69) is 13.8 Å². The van der Waals surface area contributed by atoms with Crippen LogP contribution >= 0.6 is 0 Å². The Morgan fingerprint density at radius 2 is 0.574 bits per heavy atom. The molecule has 5 atom stereocenters. The van der Waals surface area contributed by atoms with Crippen LogP contribution in [0.2, 0.25) is 0 Å². The monoisotopic (exact) mass is 630 g/mol. The van der Waals surface area contributed by atoms with Gasteiger partial charge in [-0.25, -0.2) is 0 Å². The van der Waals surface area contributed by atoms with Gasteiger partial charge in [-0.05, 0) is 150 Å². The fourth-order valence-corrected chi connectivity index (χ4v) is 7.03. The summed E-state index contributed by atoms with van der Waals surface area (Å²) in [6, 6.07) is 37.7. The minimum atomic E-state index is 0.137. The molecule has 5 aromatic carbocycles. The van der Waals surface area contributed by atoms with Gasteiger partial charge in [0.15, 0.2) is 0 Å². The lowest BCUT2D eigenvalue weighted by Crippen LogP contribution is -2.15. The molecule has 0 aliphatic carbocycles. The molecule has 5 unspecified atom stereocenters. The van der Waals surface area contributed by atoms with Crippen molar-refractivity contribution in [1.29, 1.82) is 0 Å². The third-order valence-electron chi connectivity index (χ3n) is 9.76. The summed E-state index contributed by atoms with van der Waals surface area (Å²) < 4.78 is 0. The van der Waals surface area contributed by atoms with Gasteiger partial charge in [0, 0.05) is 0 Å². The van der Waals surface area contributed by atoms with Gasteiger partial charge in [0.25, 0.3) is 0 Å². The van der Waals surface area contributed by atoms with Gasteiger partial charge >= 0.3 is 0 Å². The molecular weight excluding hydrogens is 584 g/mol. The first-order valence-corrected chi connectivity index (χ1v) is 16.6. The number of hydrogen-bond donors (Lipinski definition) is 5. The summed E-state index contributed by atoms with van der Waals surface area (Å²) >= 11 is 0. The lowest BCUT2D eigenvalue weighted by Gasteiger charge is -2.31. The Hall–Kier alpha value is -4.90. The molecule has 0 amide bonds. The number of hydrogen-bond acceptors (Lipinski definition) is 5. The van der Waals surface area contributed by atoms with E-state index >= 15 is 0 Å². The molecule has 244 valence electrons. The van der Waals surface area contributed by atoms with Crippen molar-refractivity contribution in [3.63, 3.8) is 0 Å². The van der Waals surface area contributed by atoms with E-state index in [9.17, 15) is 25.5 Å². The van der Waals surface area contributed by atoms with E-state index in [1.807, 2.05) is 60.7 Å². The highest BCUT2D eigenvalue weighted by Crippen LogP contribution is 2.45. The van der Waals surface area contributed by atoms with Gasteiger partial charge in [0.2, 0.25) is 0 Å². The van der Waals surface area contributed by atoms with Crippen molar-refractivity contribution in [2.75, 3.05) is 0 Å². The first-order chi connectivity index (χ1) is 22.7. The molecule has 0 saturated heterocycles. The maximum atomic E-state index is 10.2. The van der Waals surface area contributed by atoms with Crippen molar-refractivity contribution >= 4 is 0 Å². The van der Waals surface area contributed by atoms with Gasteiger partial charge in [-0.2, -0.15) is 0 Å². The summed E-state index contributed by atoms with van der Waals surface area (Å²) in [5.41, 5.74) is 5.84. The van der Waals surface area contributed by atoms with Crippen molar-refractivity contribution in [2.45, 2.75) is 75.5 Å². The fraction of sp³-hybridized carbons (Fsp3) is 0.286. The zero-order valence-corrected chi connectivity index (χ0v) is 27.2. The van der Waals surface area contributed by atoms with E-state index in [4.69, 9.17) is 0 Å². The highest BCUT2D eigenvalue weighted by atomic mass is 16.3. The Balaban J connectivity index is 1.51. The average molecular weight is 631 g/mol. The van der Waals surface area contributed by atoms with Crippen LogP contribution in [0, 0.1) is 0 Å². The maximum Gasteiger partial charge on any atom is 0.115 e. The first kappa shape index (κ1) is 33.5. The smallest absolute Gasteiger partial charge is 0.115 e. The summed E-state index contributed by atoms with van der Waals surface area (Å²) in [7, 11) is 0. The Labute approximate surface area is 278 Å². The molecule has 5 heteroatoms. The standard InChI is InChI=1S/C42H46O5/c1-3-29(31-6-16-39(44)17-7-31)25-36(33-10-20-41(46)21-11-33)27-37(34-12-22-42(47)23-13-34)26-35(32-8-18-40(45)19-9-32)24-28(2)30-4-14-38(43)15-5-30/h4-23,28-29,35-37,43-47H,3,24-27H2,1-2H3. The molecule has 0 aromatic heterocycles. The van der Waals surface area contributed by atoms with Crippen LogP contribution in [0.3, 0.4) is 0 Å². The lowest BCUT2D eigenvalue weighted by atomic mass is 9.73. The quantitative estimate of drug-likeness (QED) is 0.0840. The molecule has 0 saturated carbocycles. The Morgan fingerprint density at radius 1 is 0.340 bits per heavy atom. The van der Waals surface area contributed by atoms with E-state index < -0.39 is 0 Å². The van der Waals surface area contributed by atoms with Gasteiger partial charge in [-0.1, -0.05) is 74.5 Å². The summed E-state index contributed by atoms with van der Waals surface area (Å²) in [6.07, 6.45) is 4.42. The summed E-state index contributed by atoms with van der Waals surface area (Å²) in [5, 5.41) is 50.3. The molecule has 0 heterocycles. The van der Waals surface area contributed by atoms with Crippen molar-refractivity contribution in [2.24, 2.45) is 0 Å². The van der Waals surface area contributed by atoms with Gasteiger partial charge in [-0.15, -0.1) is 0 Å². The van der Waals surface area contributed by atoms with Crippen molar-refractivity contribution in [3.05, 3.63) is 149 Å². The molecule has 0 aliphatic heterocycles. The largest absolute Gasteiger partial charge is 0.508 e. The Kier molecular flexibility index (Phi) is 11.1. The predicted molar refractivity (Wildman–Crippen MR) is 189 cm³/mol. The second-order valence-electron chi connectivity index (χ2n) is 13.0. The SMILES string of the molecule is CCC(CC(CC(CC(CC(C)c1ccc(O)cc1)c1ccc(O)cc1)c1ccc(O)cc1)c1ccc(O)cc1)c1ccc(O)cc1. The second kappa shape index (κ2) is 15.6. The molecule has 0 spiro atoms. The van der Waals surface area contributed by atoms with Gasteiger partial charge in [-0.3, -0.25) is 0 Å². The molecule has 0 fully saturated rings. The van der Waals surface area contributed by atoms with Gasteiger partial charge in [0.05, 0.1) is 0 Å². The summed E-state index contributed by atoms with van der Waals surface area (Å²) in [5.74, 6) is 2.19. The molecule has 5 rings (SSSR count). The zero-order chi connectivity index (χ0) is 33.3. The van der Waals surface area contributed by atoms with Crippen LogP contribution in [-0.4, -0.2) is 25.5 Å².